The Bertz CT molecular complexity index is 395. The number of benzene rings is 1. The van der Waals surface area contributed by atoms with Gasteiger partial charge in [0, 0.05) is 37.8 Å². The molecule has 1 aromatic carbocycles. The van der Waals surface area contributed by atoms with Crippen molar-refractivity contribution in [1.29, 1.82) is 0 Å². The molecular weight excluding hydrogens is 270 g/mol. The standard InChI is InChI=1S/C14H20F2N2.ClH/c1-11-2-3-12(13(16)10-11)14(4-5-15)18-8-6-17-7-9-18;/h2-3,10,14,17H,4-9H2,1H3;1H/t14-;/m0./s1. The molecule has 1 aliphatic heterocycles. The van der Waals surface area contributed by atoms with Gasteiger partial charge in [0.1, 0.15) is 5.82 Å². The molecule has 1 aromatic rings. The molecule has 0 saturated carbocycles. The summed E-state index contributed by atoms with van der Waals surface area (Å²) in [6.45, 7) is 4.91. The lowest BCUT2D eigenvalue weighted by Crippen LogP contribution is -2.45. The highest BCUT2D eigenvalue weighted by Gasteiger charge is 2.24. The minimum atomic E-state index is -0.415. The van der Waals surface area contributed by atoms with Crippen LogP contribution in [0.25, 0.3) is 0 Å². The van der Waals surface area contributed by atoms with Gasteiger partial charge < -0.3 is 5.32 Å². The lowest BCUT2D eigenvalue weighted by atomic mass is 9.99. The van der Waals surface area contributed by atoms with Gasteiger partial charge in [-0.05, 0) is 25.0 Å². The normalized spacial score (nSPS) is 17.8. The average molecular weight is 291 g/mol. The van der Waals surface area contributed by atoms with E-state index in [1.54, 1.807) is 6.07 Å². The fraction of sp³-hybridized carbons (Fsp3) is 0.571. The van der Waals surface area contributed by atoms with Gasteiger partial charge in [0.2, 0.25) is 0 Å². The molecule has 0 amide bonds. The van der Waals surface area contributed by atoms with Crippen molar-refractivity contribution in [3.63, 3.8) is 0 Å². The minimum absolute atomic E-state index is 0. The SMILES string of the molecule is Cc1ccc([C@H](CCF)N2CCNCC2)c(F)c1.Cl. The van der Waals surface area contributed by atoms with E-state index in [1.165, 1.54) is 6.07 Å². The smallest absolute Gasteiger partial charge is 0.128 e. The third kappa shape index (κ3) is 4.13. The van der Waals surface area contributed by atoms with Crippen LogP contribution in [0.15, 0.2) is 18.2 Å². The fourth-order valence-electron chi connectivity index (χ4n) is 2.53. The van der Waals surface area contributed by atoms with Crippen LogP contribution in [-0.4, -0.2) is 37.8 Å². The molecule has 19 heavy (non-hydrogen) atoms. The Balaban J connectivity index is 0.00000180. The molecule has 1 atom stereocenters. The summed E-state index contributed by atoms with van der Waals surface area (Å²) in [5.74, 6) is -0.216. The summed E-state index contributed by atoms with van der Waals surface area (Å²) in [5.41, 5.74) is 1.52. The van der Waals surface area contributed by atoms with E-state index >= 15 is 0 Å². The number of aryl methyl sites for hydroxylation is 1. The van der Waals surface area contributed by atoms with Gasteiger partial charge in [0.05, 0.1) is 6.67 Å². The molecule has 1 aliphatic rings. The average Bonchev–Trinajstić information content (AvgIpc) is 2.38. The van der Waals surface area contributed by atoms with Gasteiger partial charge in [-0.2, -0.15) is 0 Å². The molecule has 0 unspecified atom stereocenters. The van der Waals surface area contributed by atoms with Crippen LogP contribution in [0.3, 0.4) is 0 Å². The Morgan fingerprint density at radius 2 is 2.00 bits per heavy atom. The molecule has 0 radical (unpaired) electrons. The first-order chi connectivity index (χ1) is 8.72. The third-order valence-corrected chi connectivity index (χ3v) is 3.49. The van der Waals surface area contributed by atoms with Gasteiger partial charge in [-0.3, -0.25) is 9.29 Å². The Kier molecular flexibility index (Phi) is 6.69. The van der Waals surface area contributed by atoms with Crippen LogP contribution >= 0.6 is 12.4 Å². The second-order valence-electron chi connectivity index (χ2n) is 4.80. The summed E-state index contributed by atoms with van der Waals surface area (Å²) in [6, 6.07) is 5.08. The Hall–Kier alpha value is -0.710. The predicted octanol–water partition coefficient (Wildman–Crippen LogP) is 2.86. The summed E-state index contributed by atoms with van der Waals surface area (Å²) in [4.78, 5) is 2.17. The van der Waals surface area contributed by atoms with Crippen molar-refractivity contribution in [1.82, 2.24) is 10.2 Å². The predicted molar refractivity (Wildman–Crippen MR) is 76.2 cm³/mol. The molecular formula is C14H21ClF2N2. The number of hydrogen-bond acceptors (Lipinski definition) is 2. The van der Waals surface area contributed by atoms with Crippen molar-refractivity contribution in [2.45, 2.75) is 19.4 Å². The van der Waals surface area contributed by atoms with Crippen LogP contribution < -0.4 is 5.32 Å². The summed E-state index contributed by atoms with van der Waals surface area (Å²) >= 11 is 0. The van der Waals surface area contributed by atoms with E-state index in [0.29, 0.717) is 12.0 Å². The molecule has 0 aromatic heterocycles. The topological polar surface area (TPSA) is 15.3 Å². The number of rotatable bonds is 4. The van der Waals surface area contributed by atoms with Crippen LogP contribution in [0.1, 0.15) is 23.6 Å². The zero-order valence-corrected chi connectivity index (χ0v) is 12.0. The summed E-state index contributed by atoms with van der Waals surface area (Å²) in [5, 5.41) is 3.26. The number of halogens is 3. The molecule has 1 heterocycles. The molecule has 0 spiro atoms. The summed E-state index contributed by atoms with van der Waals surface area (Å²) < 4.78 is 26.7. The summed E-state index contributed by atoms with van der Waals surface area (Å²) in [7, 11) is 0. The number of nitrogens with one attached hydrogen (secondary N) is 1. The van der Waals surface area contributed by atoms with E-state index in [0.717, 1.165) is 31.7 Å². The number of hydrogen-bond donors (Lipinski definition) is 1. The molecule has 2 nitrogen and oxygen atoms in total. The Labute approximate surface area is 119 Å². The lowest BCUT2D eigenvalue weighted by Gasteiger charge is -2.35. The quantitative estimate of drug-likeness (QED) is 0.917. The highest BCUT2D eigenvalue weighted by Crippen LogP contribution is 2.27. The highest BCUT2D eigenvalue weighted by atomic mass is 35.5. The Morgan fingerprint density at radius 1 is 1.32 bits per heavy atom. The molecule has 1 saturated heterocycles. The van der Waals surface area contributed by atoms with Crippen molar-refractivity contribution in [2.75, 3.05) is 32.9 Å². The second kappa shape index (κ2) is 7.78. The van der Waals surface area contributed by atoms with Crippen molar-refractivity contribution in [3.05, 3.63) is 35.1 Å². The summed E-state index contributed by atoms with van der Waals surface area (Å²) in [6.07, 6.45) is 0.361. The molecule has 0 bridgehead atoms. The van der Waals surface area contributed by atoms with Crippen molar-refractivity contribution >= 4 is 12.4 Å². The Morgan fingerprint density at radius 3 is 2.58 bits per heavy atom. The van der Waals surface area contributed by atoms with E-state index in [9.17, 15) is 8.78 Å². The van der Waals surface area contributed by atoms with Gasteiger partial charge in [0.25, 0.3) is 0 Å². The van der Waals surface area contributed by atoms with Gasteiger partial charge in [-0.15, -0.1) is 12.4 Å². The third-order valence-electron chi connectivity index (χ3n) is 3.49. The van der Waals surface area contributed by atoms with Gasteiger partial charge in [-0.25, -0.2) is 4.39 Å². The van der Waals surface area contributed by atoms with Crippen LogP contribution in [0, 0.1) is 12.7 Å². The van der Waals surface area contributed by atoms with Crippen LogP contribution in [-0.2, 0) is 0 Å². The zero-order chi connectivity index (χ0) is 13.0. The molecule has 0 aliphatic carbocycles. The van der Waals surface area contributed by atoms with Crippen molar-refractivity contribution in [3.8, 4) is 0 Å². The fourth-order valence-corrected chi connectivity index (χ4v) is 2.53. The largest absolute Gasteiger partial charge is 0.314 e. The highest BCUT2D eigenvalue weighted by molar-refractivity contribution is 5.85. The van der Waals surface area contributed by atoms with E-state index in [-0.39, 0.29) is 24.3 Å². The van der Waals surface area contributed by atoms with Crippen LogP contribution in [0.4, 0.5) is 8.78 Å². The number of nitrogens with zero attached hydrogens (tertiary/aromatic N) is 1. The lowest BCUT2D eigenvalue weighted by molar-refractivity contribution is 0.154. The first-order valence-corrected chi connectivity index (χ1v) is 6.49. The van der Waals surface area contributed by atoms with Gasteiger partial charge >= 0.3 is 0 Å². The second-order valence-corrected chi connectivity index (χ2v) is 4.80. The van der Waals surface area contributed by atoms with Crippen LogP contribution in [0.5, 0.6) is 0 Å². The van der Waals surface area contributed by atoms with Crippen LogP contribution in [0.2, 0.25) is 0 Å². The minimum Gasteiger partial charge on any atom is -0.314 e. The maximum absolute atomic E-state index is 14.0. The van der Waals surface area contributed by atoms with Gasteiger partial charge in [0.15, 0.2) is 0 Å². The molecule has 108 valence electrons. The molecule has 1 N–H and O–H groups in total. The number of alkyl halides is 1. The first kappa shape index (κ1) is 16.3. The van der Waals surface area contributed by atoms with E-state index in [2.05, 4.69) is 10.2 Å². The maximum atomic E-state index is 14.0. The van der Waals surface area contributed by atoms with Gasteiger partial charge in [-0.1, -0.05) is 12.1 Å². The monoisotopic (exact) mass is 290 g/mol. The van der Waals surface area contributed by atoms with E-state index < -0.39 is 6.67 Å². The zero-order valence-electron chi connectivity index (χ0n) is 11.2. The number of piperazine rings is 1. The molecule has 1 fully saturated rings. The van der Waals surface area contributed by atoms with E-state index in [1.807, 2.05) is 13.0 Å². The van der Waals surface area contributed by atoms with Crippen molar-refractivity contribution < 1.29 is 8.78 Å². The van der Waals surface area contributed by atoms with E-state index in [4.69, 9.17) is 0 Å². The molecule has 2 rings (SSSR count). The first-order valence-electron chi connectivity index (χ1n) is 6.49. The van der Waals surface area contributed by atoms with Crippen molar-refractivity contribution in [2.24, 2.45) is 0 Å². The maximum Gasteiger partial charge on any atom is 0.128 e. The molecule has 5 heteroatoms.